The normalized spacial score (nSPS) is 10.0. The maximum absolute atomic E-state index is 12.1. The van der Waals surface area contributed by atoms with E-state index in [9.17, 15) is 4.79 Å². The Bertz CT molecular complexity index is 599. The lowest BCUT2D eigenvalue weighted by atomic mass is 10.1. The van der Waals surface area contributed by atoms with E-state index in [0.29, 0.717) is 22.8 Å². The summed E-state index contributed by atoms with van der Waals surface area (Å²) in [7, 11) is 1.47. The van der Waals surface area contributed by atoms with Crippen LogP contribution in [0.5, 0.6) is 5.75 Å². The highest BCUT2D eigenvalue weighted by Gasteiger charge is 2.14. The van der Waals surface area contributed by atoms with Crippen molar-refractivity contribution in [2.45, 2.75) is 0 Å². The fourth-order valence-corrected chi connectivity index (χ4v) is 1.83. The highest BCUT2D eigenvalue weighted by atomic mass is 79.9. The number of ether oxygens (including phenoxy) is 1. The number of hydrogen-bond acceptors (Lipinski definition) is 4. The Morgan fingerprint density at radius 3 is 2.79 bits per heavy atom. The molecule has 98 valence electrons. The van der Waals surface area contributed by atoms with Gasteiger partial charge in [0.05, 0.1) is 18.4 Å². The molecule has 0 atom stereocenters. The molecule has 0 aliphatic rings. The van der Waals surface area contributed by atoms with Crippen LogP contribution >= 0.6 is 15.9 Å². The lowest BCUT2D eigenvalue weighted by molar-refractivity contribution is 0.102. The van der Waals surface area contributed by atoms with E-state index in [0.717, 1.165) is 4.47 Å². The molecule has 0 aliphatic carbocycles. The highest BCUT2D eigenvalue weighted by molar-refractivity contribution is 9.10. The molecular formula is C13H12BrN3O2. The molecule has 1 heterocycles. The number of carbonyl (C=O) groups is 1. The molecule has 0 bridgehead atoms. The largest absolute Gasteiger partial charge is 0.494 e. The van der Waals surface area contributed by atoms with Crippen molar-refractivity contribution in [2.75, 3.05) is 18.2 Å². The Morgan fingerprint density at radius 1 is 1.37 bits per heavy atom. The van der Waals surface area contributed by atoms with Crippen LogP contribution in [0.3, 0.4) is 0 Å². The Morgan fingerprint density at radius 2 is 2.16 bits per heavy atom. The zero-order valence-electron chi connectivity index (χ0n) is 10.2. The average molecular weight is 322 g/mol. The first-order chi connectivity index (χ1) is 9.11. The number of halogens is 1. The molecule has 3 N–H and O–H groups in total. The fourth-order valence-electron chi connectivity index (χ4n) is 1.59. The van der Waals surface area contributed by atoms with E-state index in [1.807, 2.05) is 0 Å². The number of aromatic nitrogens is 1. The van der Waals surface area contributed by atoms with Crippen LogP contribution in [0.25, 0.3) is 0 Å². The van der Waals surface area contributed by atoms with Crippen molar-refractivity contribution in [1.82, 2.24) is 4.98 Å². The van der Waals surface area contributed by atoms with Crippen LogP contribution in [0.2, 0.25) is 0 Å². The molecule has 1 amide bonds. The number of pyridine rings is 1. The number of nitrogen functional groups attached to an aromatic ring is 1. The maximum atomic E-state index is 12.1. The molecule has 2 aromatic rings. The number of rotatable bonds is 3. The van der Waals surface area contributed by atoms with Gasteiger partial charge in [0.2, 0.25) is 0 Å². The van der Waals surface area contributed by atoms with Crippen molar-refractivity contribution in [3.8, 4) is 5.75 Å². The van der Waals surface area contributed by atoms with Gasteiger partial charge in [0.15, 0.2) is 5.75 Å². The van der Waals surface area contributed by atoms with Gasteiger partial charge in [-0.3, -0.25) is 4.79 Å². The van der Waals surface area contributed by atoms with E-state index >= 15 is 0 Å². The summed E-state index contributed by atoms with van der Waals surface area (Å²) in [4.78, 5) is 16.2. The third-order valence-electron chi connectivity index (χ3n) is 2.46. The number of para-hydroxylation sites is 1. The van der Waals surface area contributed by atoms with Crippen LogP contribution in [0.15, 0.2) is 41.0 Å². The van der Waals surface area contributed by atoms with Crippen molar-refractivity contribution in [2.24, 2.45) is 0 Å². The van der Waals surface area contributed by atoms with Crippen molar-refractivity contribution in [3.05, 3.63) is 46.6 Å². The summed E-state index contributed by atoms with van der Waals surface area (Å²) in [6, 6.07) is 8.50. The second-order valence-electron chi connectivity index (χ2n) is 3.74. The van der Waals surface area contributed by atoms with Gasteiger partial charge in [-0.05, 0) is 40.2 Å². The molecule has 1 aromatic carbocycles. The van der Waals surface area contributed by atoms with Gasteiger partial charge in [0, 0.05) is 10.7 Å². The third-order valence-corrected chi connectivity index (χ3v) is 2.93. The fraction of sp³-hybridized carbons (Fsp3) is 0.0769. The van der Waals surface area contributed by atoms with Gasteiger partial charge < -0.3 is 15.8 Å². The number of anilines is 2. The quantitative estimate of drug-likeness (QED) is 0.852. The SMILES string of the molecule is COc1c(N)cccc1C(=O)Nc1ccc(Br)cn1. The smallest absolute Gasteiger partial charge is 0.260 e. The van der Waals surface area contributed by atoms with Gasteiger partial charge in [0.25, 0.3) is 5.91 Å². The Kier molecular flexibility index (Phi) is 4.01. The van der Waals surface area contributed by atoms with Gasteiger partial charge in [-0.2, -0.15) is 0 Å². The summed E-state index contributed by atoms with van der Waals surface area (Å²) >= 11 is 3.28. The molecule has 0 saturated carbocycles. The second kappa shape index (κ2) is 5.71. The van der Waals surface area contributed by atoms with Gasteiger partial charge in [-0.1, -0.05) is 6.07 Å². The predicted molar refractivity (Wildman–Crippen MR) is 77.3 cm³/mol. The minimum atomic E-state index is -0.320. The third kappa shape index (κ3) is 3.03. The molecule has 6 heteroatoms. The molecule has 1 aromatic heterocycles. The second-order valence-corrected chi connectivity index (χ2v) is 4.66. The number of amides is 1. The average Bonchev–Trinajstić information content (AvgIpc) is 2.41. The highest BCUT2D eigenvalue weighted by Crippen LogP contribution is 2.26. The lowest BCUT2D eigenvalue weighted by Crippen LogP contribution is -2.14. The van der Waals surface area contributed by atoms with Crippen molar-refractivity contribution in [1.29, 1.82) is 0 Å². The number of nitrogens with one attached hydrogen (secondary N) is 1. The van der Waals surface area contributed by atoms with Gasteiger partial charge in [0.1, 0.15) is 5.82 Å². The molecule has 0 unspecified atom stereocenters. The topological polar surface area (TPSA) is 77.2 Å². The van der Waals surface area contributed by atoms with Crippen molar-refractivity contribution in [3.63, 3.8) is 0 Å². The van der Waals surface area contributed by atoms with Crippen LogP contribution in [-0.4, -0.2) is 18.0 Å². The lowest BCUT2D eigenvalue weighted by Gasteiger charge is -2.10. The van der Waals surface area contributed by atoms with Crippen LogP contribution in [-0.2, 0) is 0 Å². The molecular weight excluding hydrogens is 310 g/mol. The molecule has 0 saturated heterocycles. The van der Waals surface area contributed by atoms with Crippen molar-refractivity contribution >= 4 is 33.3 Å². The molecule has 0 aliphatic heterocycles. The van der Waals surface area contributed by atoms with E-state index in [1.165, 1.54) is 7.11 Å². The molecule has 0 spiro atoms. The van der Waals surface area contributed by atoms with E-state index < -0.39 is 0 Å². The first kappa shape index (κ1) is 13.4. The maximum Gasteiger partial charge on any atom is 0.260 e. The van der Waals surface area contributed by atoms with Crippen LogP contribution in [0.1, 0.15) is 10.4 Å². The van der Waals surface area contributed by atoms with Crippen molar-refractivity contribution < 1.29 is 9.53 Å². The number of nitrogens with zero attached hydrogens (tertiary/aromatic N) is 1. The molecule has 5 nitrogen and oxygen atoms in total. The standard InChI is InChI=1S/C13H12BrN3O2/c1-19-12-9(3-2-4-10(12)15)13(18)17-11-6-5-8(14)7-16-11/h2-7H,15H2,1H3,(H,16,17,18). The molecule has 0 radical (unpaired) electrons. The summed E-state index contributed by atoms with van der Waals surface area (Å²) in [6.07, 6.45) is 1.60. The first-order valence-electron chi connectivity index (χ1n) is 5.47. The van der Waals surface area contributed by atoms with Crippen LogP contribution in [0, 0.1) is 0 Å². The minimum Gasteiger partial charge on any atom is -0.494 e. The van der Waals surface area contributed by atoms with Gasteiger partial charge in [-0.25, -0.2) is 4.98 Å². The van der Waals surface area contributed by atoms with E-state index in [4.69, 9.17) is 10.5 Å². The minimum absolute atomic E-state index is 0.320. The summed E-state index contributed by atoms with van der Waals surface area (Å²) < 4.78 is 5.98. The Hall–Kier alpha value is -2.08. The molecule has 2 rings (SSSR count). The first-order valence-corrected chi connectivity index (χ1v) is 6.26. The van der Waals surface area contributed by atoms with E-state index in [-0.39, 0.29) is 5.91 Å². The van der Waals surface area contributed by atoms with Crippen LogP contribution < -0.4 is 15.8 Å². The van der Waals surface area contributed by atoms with Gasteiger partial charge in [-0.15, -0.1) is 0 Å². The zero-order chi connectivity index (χ0) is 13.8. The van der Waals surface area contributed by atoms with E-state index in [1.54, 1.807) is 36.5 Å². The Labute approximate surface area is 118 Å². The number of nitrogens with two attached hydrogens (primary N) is 1. The van der Waals surface area contributed by atoms with Crippen LogP contribution in [0.4, 0.5) is 11.5 Å². The van der Waals surface area contributed by atoms with E-state index in [2.05, 4.69) is 26.2 Å². The number of benzene rings is 1. The summed E-state index contributed by atoms with van der Waals surface area (Å²) in [5.41, 5.74) is 6.54. The summed E-state index contributed by atoms with van der Waals surface area (Å²) in [5, 5.41) is 2.68. The predicted octanol–water partition coefficient (Wildman–Crippen LogP) is 2.69. The number of hydrogen-bond donors (Lipinski definition) is 2. The summed E-state index contributed by atoms with van der Waals surface area (Å²) in [5.74, 6) is 0.494. The number of methoxy groups -OCH3 is 1. The summed E-state index contributed by atoms with van der Waals surface area (Å²) in [6.45, 7) is 0. The Balaban J connectivity index is 2.25. The molecule has 0 fully saturated rings. The molecule has 19 heavy (non-hydrogen) atoms. The zero-order valence-corrected chi connectivity index (χ0v) is 11.8. The monoisotopic (exact) mass is 321 g/mol. The van der Waals surface area contributed by atoms with Gasteiger partial charge >= 0.3 is 0 Å². The number of carbonyl (C=O) groups excluding carboxylic acids is 1.